The molecule has 0 aliphatic heterocycles. The second kappa shape index (κ2) is 6.57. The van der Waals surface area contributed by atoms with Crippen LogP contribution in [0.25, 0.3) is 0 Å². The Morgan fingerprint density at radius 1 is 1.42 bits per heavy atom. The molecular formula is C15H23N3O. The van der Waals surface area contributed by atoms with Crippen molar-refractivity contribution in [3.63, 3.8) is 0 Å². The number of anilines is 1. The highest BCUT2D eigenvalue weighted by molar-refractivity contribution is 5.89. The first-order valence-electron chi connectivity index (χ1n) is 7.04. The van der Waals surface area contributed by atoms with Gasteiger partial charge in [-0.05, 0) is 36.5 Å². The first-order chi connectivity index (χ1) is 9.17. The molecule has 2 amide bonds. The average molecular weight is 261 g/mol. The molecule has 19 heavy (non-hydrogen) atoms. The van der Waals surface area contributed by atoms with Gasteiger partial charge in [-0.1, -0.05) is 31.9 Å². The van der Waals surface area contributed by atoms with E-state index in [1.165, 1.54) is 12.8 Å². The number of carbonyl (C=O) groups is 1. The van der Waals surface area contributed by atoms with Crippen molar-refractivity contribution in [2.75, 3.05) is 5.32 Å². The van der Waals surface area contributed by atoms with E-state index in [0.717, 1.165) is 24.1 Å². The van der Waals surface area contributed by atoms with Crippen molar-refractivity contribution in [3.05, 3.63) is 29.8 Å². The monoisotopic (exact) mass is 261 g/mol. The van der Waals surface area contributed by atoms with Crippen LogP contribution in [0.15, 0.2) is 24.3 Å². The Balaban J connectivity index is 1.86. The van der Waals surface area contributed by atoms with Crippen LogP contribution < -0.4 is 16.4 Å². The van der Waals surface area contributed by atoms with Crippen LogP contribution in [0.4, 0.5) is 10.5 Å². The molecule has 1 aromatic rings. The fourth-order valence-corrected chi connectivity index (χ4v) is 2.69. The second-order valence-electron chi connectivity index (χ2n) is 5.47. The number of hydrogen-bond donors (Lipinski definition) is 3. The molecule has 1 aliphatic carbocycles. The molecule has 4 nitrogen and oxygen atoms in total. The van der Waals surface area contributed by atoms with Crippen LogP contribution in [0.2, 0.25) is 0 Å². The molecule has 0 bridgehead atoms. The van der Waals surface area contributed by atoms with Gasteiger partial charge >= 0.3 is 6.03 Å². The number of benzene rings is 1. The largest absolute Gasteiger partial charge is 0.335 e. The summed E-state index contributed by atoms with van der Waals surface area (Å²) in [5.41, 5.74) is 7.40. The molecule has 0 saturated heterocycles. The number of nitrogens with two attached hydrogens (primary N) is 1. The van der Waals surface area contributed by atoms with Crippen molar-refractivity contribution in [1.82, 2.24) is 5.32 Å². The number of carbonyl (C=O) groups excluding carboxylic acids is 1. The van der Waals surface area contributed by atoms with Gasteiger partial charge in [0, 0.05) is 18.3 Å². The minimum Gasteiger partial charge on any atom is -0.335 e. The molecule has 0 radical (unpaired) electrons. The second-order valence-corrected chi connectivity index (χ2v) is 5.47. The van der Waals surface area contributed by atoms with E-state index in [1.807, 2.05) is 24.3 Å². The summed E-state index contributed by atoms with van der Waals surface area (Å²) < 4.78 is 0. The SMILES string of the molecule is CC1CCCC(NC(=O)Nc2cccc(CN)c2)C1. The molecule has 4 N–H and O–H groups in total. The fourth-order valence-electron chi connectivity index (χ4n) is 2.69. The smallest absolute Gasteiger partial charge is 0.319 e. The minimum absolute atomic E-state index is 0.117. The molecule has 0 heterocycles. The Hall–Kier alpha value is -1.55. The van der Waals surface area contributed by atoms with E-state index in [0.29, 0.717) is 18.5 Å². The molecule has 1 aromatic carbocycles. The van der Waals surface area contributed by atoms with Gasteiger partial charge in [0.15, 0.2) is 0 Å². The first-order valence-corrected chi connectivity index (χ1v) is 7.04. The van der Waals surface area contributed by atoms with Gasteiger partial charge in [0.05, 0.1) is 0 Å². The third-order valence-corrected chi connectivity index (χ3v) is 3.69. The number of amides is 2. The Morgan fingerprint density at radius 3 is 3.00 bits per heavy atom. The molecule has 0 aromatic heterocycles. The average Bonchev–Trinajstić information content (AvgIpc) is 2.38. The predicted molar refractivity (Wildman–Crippen MR) is 77.9 cm³/mol. The highest BCUT2D eigenvalue weighted by atomic mass is 16.2. The number of urea groups is 1. The molecule has 1 aliphatic rings. The number of rotatable bonds is 3. The lowest BCUT2D eigenvalue weighted by molar-refractivity contribution is 0.238. The van der Waals surface area contributed by atoms with Crippen molar-refractivity contribution >= 4 is 11.7 Å². The summed E-state index contributed by atoms with van der Waals surface area (Å²) in [5, 5.41) is 5.93. The van der Waals surface area contributed by atoms with E-state index < -0.39 is 0 Å². The highest BCUT2D eigenvalue weighted by Crippen LogP contribution is 2.23. The van der Waals surface area contributed by atoms with Crippen molar-refractivity contribution in [1.29, 1.82) is 0 Å². The zero-order valence-corrected chi connectivity index (χ0v) is 11.5. The zero-order chi connectivity index (χ0) is 13.7. The Bertz CT molecular complexity index is 433. The fraction of sp³-hybridized carbons (Fsp3) is 0.533. The number of hydrogen-bond acceptors (Lipinski definition) is 2. The highest BCUT2D eigenvalue weighted by Gasteiger charge is 2.20. The first kappa shape index (κ1) is 13.9. The summed E-state index contributed by atoms with van der Waals surface area (Å²) in [5.74, 6) is 0.708. The number of nitrogens with one attached hydrogen (secondary N) is 2. The van der Waals surface area contributed by atoms with Crippen molar-refractivity contribution in [3.8, 4) is 0 Å². The summed E-state index contributed by atoms with van der Waals surface area (Å²) in [6.07, 6.45) is 4.64. The van der Waals surface area contributed by atoms with Gasteiger partial charge in [-0.15, -0.1) is 0 Å². The van der Waals surface area contributed by atoms with E-state index in [4.69, 9.17) is 5.73 Å². The summed E-state index contributed by atoms with van der Waals surface area (Å²) in [7, 11) is 0. The molecule has 2 rings (SSSR count). The maximum absolute atomic E-state index is 11.9. The van der Waals surface area contributed by atoms with Crippen LogP contribution in [0.5, 0.6) is 0 Å². The van der Waals surface area contributed by atoms with E-state index in [9.17, 15) is 4.79 Å². The minimum atomic E-state index is -0.117. The summed E-state index contributed by atoms with van der Waals surface area (Å²) in [6, 6.07) is 7.83. The van der Waals surface area contributed by atoms with Gasteiger partial charge in [-0.25, -0.2) is 4.79 Å². The molecule has 0 spiro atoms. The van der Waals surface area contributed by atoms with Crippen LogP contribution >= 0.6 is 0 Å². The van der Waals surface area contributed by atoms with E-state index in [1.54, 1.807) is 0 Å². The van der Waals surface area contributed by atoms with Gasteiger partial charge in [0.1, 0.15) is 0 Å². The van der Waals surface area contributed by atoms with E-state index >= 15 is 0 Å². The van der Waals surface area contributed by atoms with Gasteiger partial charge in [0.25, 0.3) is 0 Å². The van der Waals surface area contributed by atoms with Gasteiger partial charge < -0.3 is 16.4 Å². The van der Waals surface area contributed by atoms with Crippen LogP contribution in [-0.4, -0.2) is 12.1 Å². The van der Waals surface area contributed by atoms with Crippen LogP contribution in [0, 0.1) is 5.92 Å². The maximum Gasteiger partial charge on any atom is 0.319 e. The standard InChI is InChI=1S/C15H23N3O/c1-11-4-2-6-13(8-11)17-15(19)18-14-7-3-5-12(9-14)10-16/h3,5,7,9,11,13H,2,4,6,8,10,16H2,1H3,(H2,17,18,19). The lowest BCUT2D eigenvalue weighted by atomic mass is 9.87. The molecular weight excluding hydrogens is 238 g/mol. The molecule has 2 atom stereocenters. The third kappa shape index (κ3) is 4.24. The topological polar surface area (TPSA) is 67.2 Å². The molecule has 104 valence electrons. The quantitative estimate of drug-likeness (QED) is 0.783. The molecule has 4 heteroatoms. The zero-order valence-electron chi connectivity index (χ0n) is 11.5. The Labute approximate surface area is 114 Å². The third-order valence-electron chi connectivity index (χ3n) is 3.69. The summed E-state index contributed by atoms with van der Waals surface area (Å²) >= 11 is 0. The van der Waals surface area contributed by atoms with Gasteiger partial charge in [-0.3, -0.25) is 0 Å². The van der Waals surface area contributed by atoms with Crippen molar-refractivity contribution in [2.24, 2.45) is 11.7 Å². The van der Waals surface area contributed by atoms with Crippen LogP contribution in [0.3, 0.4) is 0 Å². The Kier molecular flexibility index (Phi) is 4.80. The molecule has 1 fully saturated rings. The van der Waals surface area contributed by atoms with E-state index in [-0.39, 0.29) is 6.03 Å². The van der Waals surface area contributed by atoms with Crippen LogP contribution in [0.1, 0.15) is 38.2 Å². The maximum atomic E-state index is 11.9. The summed E-state index contributed by atoms with van der Waals surface area (Å²) in [4.78, 5) is 11.9. The van der Waals surface area contributed by atoms with Gasteiger partial charge in [-0.2, -0.15) is 0 Å². The van der Waals surface area contributed by atoms with E-state index in [2.05, 4.69) is 17.6 Å². The van der Waals surface area contributed by atoms with Crippen molar-refractivity contribution < 1.29 is 4.79 Å². The molecule has 1 saturated carbocycles. The lowest BCUT2D eigenvalue weighted by Crippen LogP contribution is -2.40. The molecule has 2 unspecified atom stereocenters. The van der Waals surface area contributed by atoms with Gasteiger partial charge in [0.2, 0.25) is 0 Å². The lowest BCUT2D eigenvalue weighted by Gasteiger charge is -2.27. The summed E-state index contributed by atoms with van der Waals surface area (Å²) in [6.45, 7) is 2.73. The van der Waals surface area contributed by atoms with Crippen molar-refractivity contribution in [2.45, 2.75) is 45.2 Å². The predicted octanol–water partition coefficient (Wildman–Crippen LogP) is 2.85. The Morgan fingerprint density at radius 2 is 2.26 bits per heavy atom. The van der Waals surface area contributed by atoms with Crippen LogP contribution in [-0.2, 0) is 6.54 Å². The normalized spacial score (nSPS) is 22.8.